The van der Waals surface area contributed by atoms with Crippen LogP contribution in [0.5, 0.6) is 5.75 Å². The summed E-state index contributed by atoms with van der Waals surface area (Å²) in [6.07, 6.45) is 5.24. The molecule has 2 heterocycles. The number of nitrogens with one attached hydrogen (secondary N) is 3. The molecule has 1 unspecified atom stereocenters. The van der Waals surface area contributed by atoms with E-state index in [-0.39, 0.29) is 25.0 Å². The van der Waals surface area contributed by atoms with Crippen LogP contribution in [0.3, 0.4) is 0 Å². The third-order valence-electron chi connectivity index (χ3n) is 10.1. The molecule has 268 valence electrons. The lowest BCUT2D eigenvalue weighted by Gasteiger charge is -2.35. The third kappa shape index (κ3) is 8.18. The zero-order chi connectivity index (χ0) is 35.7. The van der Waals surface area contributed by atoms with Crippen LogP contribution in [-0.2, 0) is 28.8 Å². The van der Waals surface area contributed by atoms with E-state index in [1.165, 1.54) is 11.9 Å². The summed E-state index contributed by atoms with van der Waals surface area (Å²) in [4.78, 5) is 74.7. The molecule has 0 aromatic heterocycles. The summed E-state index contributed by atoms with van der Waals surface area (Å²) in [6.45, 7) is 9.43. The van der Waals surface area contributed by atoms with Gasteiger partial charge in [-0.3, -0.25) is 19.2 Å². The maximum Gasteiger partial charge on any atom is 0.408 e. The van der Waals surface area contributed by atoms with Gasteiger partial charge in [0.1, 0.15) is 23.9 Å². The lowest BCUT2D eigenvalue weighted by molar-refractivity contribution is -0.144. The van der Waals surface area contributed by atoms with E-state index in [9.17, 15) is 24.0 Å². The first kappa shape index (κ1) is 36.1. The van der Waals surface area contributed by atoms with Gasteiger partial charge >= 0.3 is 6.09 Å². The molecule has 13 nitrogen and oxygen atoms in total. The monoisotopic (exact) mass is 681 g/mol. The zero-order valence-electron chi connectivity index (χ0n) is 29.8. The van der Waals surface area contributed by atoms with Crippen molar-refractivity contribution in [3.63, 3.8) is 0 Å². The number of nitrogens with zero attached hydrogens (tertiary/aromatic N) is 2. The van der Waals surface area contributed by atoms with E-state index in [0.29, 0.717) is 18.6 Å². The number of likely N-dealkylation sites (tertiary alicyclic amines) is 1. The quantitative estimate of drug-likeness (QED) is 0.299. The maximum absolute atomic E-state index is 14.5. The summed E-state index contributed by atoms with van der Waals surface area (Å²) >= 11 is 0. The van der Waals surface area contributed by atoms with E-state index in [0.717, 1.165) is 61.0 Å². The molecule has 4 atom stereocenters. The van der Waals surface area contributed by atoms with E-state index < -0.39 is 58.7 Å². The topological polar surface area (TPSA) is 165 Å². The van der Waals surface area contributed by atoms with E-state index >= 15 is 0 Å². The van der Waals surface area contributed by atoms with E-state index in [1.54, 1.807) is 7.11 Å². The van der Waals surface area contributed by atoms with Crippen LogP contribution in [-0.4, -0.2) is 90.7 Å². The number of amides is 4. The first-order chi connectivity index (χ1) is 23.1. The van der Waals surface area contributed by atoms with Gasteiger partial charge in [-0.2, -0.15) is 0 Å². The third-order valence-corrected chi connectivity index (χ3v) is 10.1. The minimum Gasteiger partial charge on any atom is -0.496 e. The number of Topliss-reactive ketones (excluding diaryl/α,β-unsaturated/α-hetero) is 1. The molecule has 5 rings (SSSR count). The fourth-order valence-electron chi connectivity index (χ4n) is 7.31. The van der Waals surface area contributed by atoms with Gasteiger partial charge in [-0.25, -0.2) is 4.79 Å². The van der Waals surface area contributed by atoms with Crippen molar-refractivity contribution in [2.75, 3.05) is 20.7 Å². The first-order valence-corrected chi connectivity index (χ1v) is 17.4. The second-order valence-corrected chi connectivity index (χ2v) is 15.3. The Labute approximate surface area is 288 Å². The fourth-order valence-corrected chi connectivity index (χ4v) is 7.31. The molecule has 2 saturated carbocycles. The summed E-state index contributed by atoms with van der Waals surface area (Å²) in [5.74, 6) is -1.55. The number of alkyl carbamates (subject to hydrolysis) is 1. The van der Waals surface area contributed by atoms with Crippen molar-refractivity contribution in [1.82, 2.24) is 20.9 Å². The second kappa shape index (κ2) is 14.4. The van der Waals surface area contributed by atoms with Gasteiger partial charge < -0.3 is 35.2 Å². The first-order valence-electron chi connectivity index (χ1n) is 17.4. The number of hydrogen-bond acceptors (Lipinski definition) is 9. The van der Waals surface area contributed by atoms with Gasteiger partial charge in [0.05, 0.1) is 25.4 Å². The molecule has 3 fully saturated rings. The lowest BCUT2D eigenvalue weighted by Crippen LogP contribution is -2.59. The van der Waals surface area contributed by atoms with Gasteiger partial charge in [-0.05, 0) is 80.5 Å². The molecule has 4 aliphatic rings. The Bertz CT molecular complexity index is 1490. The van der Waals surface area contributed by atoms with Crippen LogP contribution in [0.2, 0.25) is 0 Å². The number of carbonyl (C=O) groups is 5. The van der Waals surface area contributed by atoms with Crippen molar-refractivity contribution in [1.29, 1.82) is 0 Å². The number of rotatable bonds is 11. The van der Waals surface area contributed by atoms with Crippen LogP contribution in [0.15, 0.2) is 17.3 Å². The smallest absolute Gasteiger partial charge is 0.408 e. The molecule has 0 bridgehead atoms. The Kier molecular flexibility index (Phi) is 10.6. The van der Waals surface area contributed by atoms with Crippen molar-refractivity contribution in [2.24, 2.45) is 16.5 Å². The number of hydrogen-bond donors (Lipinski definition) is 3. The Morgan fingerprint density at radius 1 is 1.04 bits per heavy atom. The summed E-state index contributed by atoms with van der Waals surface area (Å²) in [7, 11) is 3.00. The Morgan fingerprint density at radius 3 is 2.27 bits per heavy atom. The molecular formula is C36H51N5O8. The van der Waals surface area contributed by atoms with Gasteiger partial charge in [0.25, 0.3) is 5.91 Å². The van der Waals surface area contributed by atoms with E-state index in [2.05, 4.69) is 21.1 Å². The second-order valence-electron chi connectivity index (χ2n) is 15.3. The van der Waals surface area contributed by atoms with Crippen molar-refractivity contribution in [3.05, 3.63) is 28.8 Å². The SMILES string of the molecule is CNC(=O)C(=O)C(CC1CC1)NC(=O)[C@@H]1C[C@]2(CC(c3cc(C)c(OC)c(C)c3)=NO2)CN1C(=O)[C@@H](NC(=O)OC1CCCC1)C(C)(C)C. The number of carbonyl (C=O) groups excluding carboxylic acids is 5. The Morgan fingerprint density at radius 2 is 1.69 bits per heavy atom. The predicted octanol–water partition coefficient (Wildman–Crippen LogP) is 3.46. The highest BCUT2D eigenvalue weighted by atomic mass is 16.7. The highest BCUT2D eigenvalue weighted by molar-refractivity contribution is 6.38. The predicted molar refractivity (Wildman–Crippen MR) is 181 cm³/mol. The molecule has 1 spiro atoms. The van der Waals surface area contributed by atoms with Gasteiger partial charge in [-0.1, -0.05) is 38.8 Å². The summed E-state index contributed by atoms with van der Waals surface area (Å²) < 4.78 is 11.2. The number of aryl methyl sites for hydroxylation is 2. The molecule has 1 aromatic rings. The molecule has 3 N–H and O–H groups in total. The van der Waals surface area contributed by atoms with Gasteiger partial charge in [0.2, 0.25) is 17.6 Å². The van der Waals surface area contributed by atoms with Crippen LogP contribution >= 0.6 is 0 Å². The van der Waals surface area contributed by atoms with Crippen LogP contribution in [0, 0.1) is 25.2 Å². The molecule has 4 amide bonds. The molecule has 49 heavy (non-hydrogen) atoms. The lowest BCUT2D eigenvalue weighted by atomic mass is 9.85. The average Bonchev–Trinajstić information content (AvgIpc) is 3.38. The van der Waals surface area contributed by atoms with Gasteiger partial charge in [-0.15, -0.1) is 0 Å². The highest BCUT2D eigenvalue weighted by Crippen LogP contribution is 2.41. The van der Waals surface area contributed by atoms with Crippen LogP contribution in [0.25, 0.3) is 0 Å². The minimum atomic E-state index is -1.06. The number of oxime groups is 1. The van der Waals surface area contributed by atoms with Gasteiger partial charge in [0, 0.05) is 25.5 Å². The molecule has 2 aliphatic heterocycles. The number of likely N-dealkylation sites (N-methyl/N-ethyl adjacent to an activating group) is 1. The van der Waals surface area contributed by atoms with Crippen LogP contribution in [0.4, 0.5) is 4.79 Å². The Hall–Kier alpha value is -4.16. The average molecular weight is 682 g/mol. The van der Waals surface area contributed by atoms with Crippen molar-refractivity contribution in [2.45, 2.75) is 122 Å². The molecule has 13 heteroatoms. The molecule has 2 aliphatic carbocycles. The van der Waals surface area contributed by atoms with Crippen LogP contribution in [0.1, 0.15) is 95.2 Å². The normalized spacial score (nSPS) is 23.4. The summed E-state index contributed by atoms with van der Waals surface area (Å²) in [5, 5.41) is 12.4. The highest BCUT2D eigenvalue weighted by Gasteiger charge is 2.56. The van der Waals surface area contributed by atoms with Crippen molar-refractivity contribution in [3.8, 4) is 5.75 Å². The van der Waals surface area contributed by atoms with Crippen molar-refractivity contribution >= 4 is 35.3 Å². The number of benzene rings is 1. The van der Waals surface area contributed by atoms with E-state index in [1.807, 2.05) is 46.8 Å². The molecule has 1 aromatic carbocycles. The number of ether oxygens (including phenoxy) is 2. The minimum absolute atomic E-state index is 0.0215. The fraction of sp³-hybridized carbons (Fsp3) is 0.667. The molecular weight excluding hydrogens is 630 g/mol. The number of ketones is 1. The molecule has 1 saturated heterocycles. The summed E-state index contributed by atoms with van der Waals surface area (Å²) in [6, 6.07) is 0.816. The largest absolute Gasteiger partial charge is 0.496 e. The summed E-state index contributed by atoms with van der Waals surface area (Å²) in [5.41, 5.74) is 1.62. The molecule has 0 radical (unpaired) electrons. The Balaban J connectivity index is 1.42. The zero-order valence-corrected chi connectivity index (χ0v) is 29.8. The maximum atomic E-state index is 14.5. The van der Waals surface area contributed by atoms with Crippen LogP contribution < -0.4 is 20.7 Å². The van der Waals surface area contributed by atoms with Crippen molar-refractivity contribution < 1.29 is 38.3 Å². The number of methoxy groups -OCH3 is 1. The van der Waals surface area contributed by atoms with Gasteiger partial charge in [0.15, 0.2) is 5.60 Å². The van der Waals surface area contributed by atoms with E-state index in [4.69, 9.17) is 14.3 Å². The standard InChI is InChI=1S/C36H51N5O8/c1-20-14-23(15-21(2)29(20)47-7)26-17-36(49-40-26)18-27(31(43)38-25(16-22-12-13-22)28(42)32(44)37-6)41(19-36)33(45)30(35(3,4)5)39-34(46)48-24-10-8-9-11-24/h14-15,22,24-25,27,30H,8-13,16-19H2,1-7H3,(H,37,44)(H,38,43)(H,39,46)/t25?,27-,30+,36+/m0/s1.